The normalized spacial score (nSPS) is 10.8. The summed E-state index contributed by atoms with van der Waals surface area (Å²) in [6, 6.07) is 12.3. The molecule has 0 radical (unpaired) electrons. The molecule has 0 fully saturated rings. The van der Waals surface area contributed by atoms with Crippen molar-refractivity contribution in [2.24, 2.45) is 0 Å². The van der Waals surface area contributed by atoms with Gasteiger partial charge in [-0.25, -0.2) is 0 Å². The van der Waals surface area contributed by atoms with Gasteiger partial charge in [-0.2, -0.15) is 4.98 Å². The minimum Gasteiger partial charge on any atom is -0.456 e. The van der Waals surface area contributed by atoms with Crippen LogP contribution in [0, 0.1) is 0 Å². The first kappa shape index (κ1) is 16.1. The van der Waals surface area contributed by atoms with Gasteiger partial charge in [0.15, 0.2) is 11.6 Å². The summed E-state index contributed by atoms with van der Waals surface area (Å²) in [5, 5.41) is 11.3. The van der Waals surface area contributed by atoms with Gasteiger partial charge in [-0.05, 0) is 18.2 Å². The first-order valence-corrected chi connectivity index (χ1v) is 8.01. The van der Waals surface area contributed by atoms with Crippen molar-refractivity contribution < 1.29 is 9.26 Å². The first-order chi connectivity index (χ1) is 12.7. The number of nitrogens with zero attached hydrogens (tertiary/aromatic N) is 3. The summed E-state index contributed by atoms with van der Waals surface area (Å²) in [4.78, 5) is 18.1. The Bertz CT molecular complexity index is 1100. The molecule has 0 aliphatic heterocycles. The minimum absolute atomic E-state index is 0.136. The van der Waals surface area contributed by atoms with Crippen molar-refractivity contribution in [1.29, 1.82) is 0 Å². The number of aromatic nitrogens is 5. The molecule has 0 amide bonds. The van der Waals surface area contributed by atoms with E-state index in [0.29, 0.717) is 27.9 Å². The van der Waals surface area contributed by atoms with Crippen LogP contribution in [0.4, 0.5) is 0 Å². The van der Waals surface area contributed by atoms with Gasteiger partial charge in [0.1, 0.15) is 12.3 Å². The highest BCUT2D eigenvalue weighted by atomic mass is 35.5. The Morgan fingerprint density at radius 3 is 2.92 bits per heavy atom. The Morgan fingerprint density at radius 1 is 1.15 bits per heavy atom. The Hall–Kier alpha value is -3.39. The summed E-state index contributed by atoms with van der Waals surface area (Å²) in [5.41, 5.74) is 1.80. The van der Waals surface area contributed by atoms with Gasteiger partial charge in [-0.15, -0.1) is 5.10 Å². The number of ether oxygens (including phenoxy) is 1. The molecule has 0 spiro atoms. The maximum Gasteiger partial charge on any atom is 0.336 e. The number of pyridine rings is 1. The number of halogens is 1. The number of hydrogen-bond donors (Lipinski definition) is 2. The van der Waals surface area contributed by atoms with Crippen molar-refractivity contribution in [2.45, 2.75) is 6.61 Å². The van der Waals surface area contributed by atoms with Gasteiger partial charge in [-0.3, -0.25) is 9.89 Å². The molecule has 130 valence electrons. The van der Waals surface area contributed by atoms with E-state index in [0.717, 1.165) is 5.56 Å². The van der Waals surface area contributed by atoms with Crippen molar-refractivity contribution in [3.8, 4) is 28.7 Å². The Kier molecular flexibility index (Phi) is 4.24. The monoisotopic (exact) mass is 369 g/mol. The maximum atomic E-state index is 11.3. The molecule has 0 unspecified atom stereocenters. The number of rotatable bonds is 5. The number of nitrogens with one attached hydrogen (secondary N) is 2. The average molecular weight is 370 g/mol. The molecule has 4 aromatic rings. The van der Waals surface area contributed by atoms with Crippen molar-refractivity contribution in [3.63, 3.8) is 0 Å². The third-order valence-electron chi connectivity index (χ3n) is 3.53. The molecule has 4 rings (SSSR count). The van der Waals surface area contributed by atoms with E-state index in [2.05, 4.69) is 25.3 Å². The summed E-state index contributed by atoms with van der Waals surface area (Å²) in [5.74, 6) is 1.02. The minimum atomic E-state index is -0.225. The number of hydrogen-bond acceptors (Lipinski definition) is 6. The predicted molar refractivity (Wildman–Crippen MR) is 93.7 cm³/mol. The lowest BCUT2D eigenvalue weighted by atomic mass is 10.2. The fourth-order valence-electron chi connectivity index (χ4n) is 2.33. The fourth-order valence-corrected chi connectivity index (χ4v) is 2.52. The van der Waals surface area contributed by atoms with Crippen LogP contribution < -0.4 is 10.3 Å². The standard InChI is InChI=1S/C17H12ClN5O3/c18-12-3-1-2-10(6-12)14-8-13(23-26-14)9-25-17-20-16(21-22-17)11-4-5-19-15(24)7-11/h1-8H,9H2,(H,19,24)(H,20,21,22). The van der Waals surface area contributed by atoms with Gasteiger partial charge in [0.05, 0.1) is 0 Å². The lowest BCUT2D eigenvalue weighted by Crippen LogP contribution is -2.02. The van der Waals surface area contributed by atoms with Crippen LogP contribution in [0.2, 0.25) is 5.02 Å². The average Bonchev–Trinajstić information content (AvgIpc) is 3.30. The molecule has 1 aromatic carbocycles. The van der Waals surface area contributed by atoms with Crippen LogP contribution in [0.3, 0.4) is 0 Å². The first-order valence-electron chi connectivity index (χ1n) is 7.63. The van der Waals surface area contributed by atoms with Crippen LogP contribution in [-0.4, -0.2) is 25.3 Å². The quantitative estimate of drug-likeness (QED) is 0.559. The molecule has 0 aliphatic carbocycles. The van der Waals surface area contributed by atoms with E-state index >= 15 is 0 Å². The van der Waals surface area contributed by atoms with Crippen molar-refractivity contribution in [2.75, 3.05) is 0 Å². The highest BCUT2D eigenvalue weighted by Gasteiger charge is 2.11. The summed E-state index contributed by atoms with van der Waals surface area (Å²) < 4.78 is 10.8. The van der Waals surface area contributed by atoms with Crippen molar-refractivity contribution >= 4 is 11.6 Å². The van der Waals surface area contributed by atoms with Gasteiger partial charge < -0.3 is 14.2 Å². The molecule has 0 aliphatic rings. The second-order valence-electron chi connectivity index (χ2n) is 5.39. The van der Waals surface area contributed by atoms with E-state index in [4.69, 9.17) is 20.9 Å². The Labute approximate surface area is 151 Å². The molecule has 2 N–H and O–H groups in total. The number of benzene rings is 1. The van der Waals surface area contributed by atoms with E-state index in [1.165, 1.54) is 12.3 Å². The van der Waals surface area contributed by atoms with E-state index in [1.54, 1.807) is 24.3 Å². The smallest absolute Gasteiger partial charge is 0.336 e. The van der Waals surface area contributed by atoms with Crippen LogP contribution in [0.15, 0.2) is 58.0 Å². The second-order valence-corrected chi connectivity index (χ2v) is 5.83. The third kappa shape index (κ3) is 3.50. The molecule has 9 heteroatoms. The van der Waals surface area contributed by atoms with Gasteiger partial charge in [0, 0.05) is 34.5 Å². The molecule has 3 aromatic heterocycles. The van der Waals surface area contributed by atoms with E-state index < -0.39 is 0 Å². The Morgan fingerprint density at radius 2 is 2.08 bits per heavy atom. The molecule has 0 saturated carbocycles. The summed E-state index contributed by atoms with van der Waals surface area (Å²) in [7, 11) is 0. The van der Waals surface area contributed by atoms with Gasteiger partial charge >= 0.3 is 6.01 Å². The van der Waals surface area contributed by atoms with Gasteiger partial charge in [0.25, 0.3) is 0 Å². The van der Waals surface area contributed by atoms with Crippen LogP contribution in [-0.2, 0) is 6.61 Å². The number of aromatic amines is 2. The molecule has 0 bridgehead atoms. The lowest BCUT2D eigenvalue weighted by Gasteiger charge is -1.96. The third-order valence-corrected chi connectivity index (χ3v) is 3.77. The van der Waals surface area contributed by atoms with Gasteiger partial charge in [0.2, 0.25) is 5.56 Å². The molecular weight excluding hydrogens is 358 g/mol. The van der Waals surface area contributed by atoms with Crippen LogP contribution >= 0.6 is 11.6 Å². The maximum absolute atomic E-state index is 11.3. The summed E-state index contributed by atoms with van der Waals surface area (Å²) >= 11 is 5.98. The van der Waals surface area contributed by atoms with Crippen LogP contribution in [0.1, 0.15) is 5.69 Å². The molecule has 26 heavy (non-hydrogen) atoms. The molecule has 0 atom stereocenters. The Balaban J connectivity index is 1.44. The molecule has 3 heterocycles. The molecular formula is C17H12ClN5O3. The van der Waals surface area contributed by atoms with E-state index in [1.807, 2.05) is 12.1 Å². The topological polar surface area (TPSA) is 110 Å². The molecule has 0 saturated heterocycles. The zero-order valence-electron chi connectivity index (χ0n) is 13.3. The highest BCUT2D eigenvalue weighted by molar-refractivity contribution is 6.30. The fraction of sp³-hybridized carbons (Fsp3) is 0.0588. The van der Waals surface area contributed by atoms with E-state index in [-0.39, 0.29) is 18.2 Å². The lowest BCUT2D eigenvalue weighted by molar-refractivity contribution is 0.269. The van der Waals surface area contributed by atoms with Crippen molar-refractivity contribution in [1.82, 2.24) is 25.3 Å². The highest BCUT2D eigenvalue weighted by Crippen LogP contribution is 2.24. The largest absolute Gasteiger partial charge is 0.456 e. The summed E-state index contributed by atoms with van der Waals surface area (Å²) in [6.45, 7) is 0.136. The summed E-state index contributed by atoms with van der Waals surface area (Å²) in [6.07, 6.45) is 1.54. The van der Waals surface area contributed by atoms with Crippen molar-refractivity contribution in [3.05, 3.63) is 69.7 Å². The van der Waals surface area contributed by atoms with Crippen LogP contribution in [0.25, 0.3) is 22.7 Å². The second kappa shape index (κ2) is 6.85. The number of H-pyrrole nitrogens is 2. The van der Waals surface area contributed by atoms with Gasteiger partial charge in [-0.1, -0.05) is 28.9 Å². The van der Waals surface area contributed by atoms with Crippen LogP contribution in [0.5, 0.6) is 6.01 Å². The molecule has 8 nitrogen and oxygen atoms in total. The SMILES string of the molecule is O=c1cc(-c2nc(OCc3cc(-c4cccc(Cl)c4)on3)n[nH]2)cc[nH]1. The zero-order valence-corrected chi connectivity index (χ0v) is 14.0. The zero-order chi connectivity index (χ0) is 17.9. The van der Waals surface area contributed by atoms with E-state index in [9.17, 15) is 4.79 Å². The predicted octanol–water partition coefficient (Wildman–Crippen LogP) is 3.05.